The van der Waals surface area contributed by atoms with Gasteiger partial charge in [0.15, 0.2) is 0 Å². The van der Waals surface area contributed by atoms with Gasteiger partial charge < -0.3 is 10.1 Å². The number of rotatable bonds is 7. The molecule has 1 aliphatic rings. The number of hydrogen-bond acceptors (Lipinski definition) is 4. The molecule has 3 nitrogen and oxygen atoms in total. The van der Waals surface area contributed by atoms with Gasteiger partial charge >= 0.3 is 0 Å². The predicted molar refractivity (Wildman–Crippen MR) is 89.0 cm³/mol. The van der Waals surface area contributed by atoms with E-state index in [4.69, 9.17) is 9.72 Å². The van der Waals surface area contributed by atoms with Gasteiger partial charge in [0, 0.05) is 19.6 Å². The zero-order valence-electron chi connectivity index (χ0n) is 12.9. The van der Waals surface area contributed by atoms with Crippen LogP contribution in [0.2, 0.25) is 0 Å². The number of hydrogen-bond donors (Lipinski definition) is 1. The first kappa shape index (κ1) is 14.9. The summed E-state index contributed by atoms with van der Waals surface area (Å²) in [5, 5.41) is 4.91. The molecule has 1 aromatic heterocycles. The summed E-state index contributed by atoms with van der Waals surface area (Å²) < 4.78 is 7.17. The minimum atomic E-state index is 0.0209. The lowest BCUT2D eigenvalue weighted by Gasteiger charge is -2.46. The molecule has 21 heavy (non-hydrogen) atoms. The second-order valence-electron chi connectivity index (χ2n) is 5.91. The minimum Gasteiger partial charge on any atom is -0.377 e. The Labute approximate surface area is 130 Å². The van der Waals surface area contributed by atoms with Gasteiger partial charge in [0.25, 0.3) is 0 Å². The fourth-order valence-corrected chi connectivity index (χ4v) is 4.18. The maximum atomic E-state index is 5.89. The molecule has 0 saturated heterocycles. The number of fused-ring (bicyclic) bond motifs is 1. The average molecular weight is 304 g/mol. The molecule has 1 atom stereocenters. The van der Waals surface area contributed by atoms with Gasteiger partial charge in [-0.05, 0) is 44.4 Å². The first-order valence-corrected chi connectivity index (χ1v) is 8.72. The van der Waals surface area contributed by atoms with Gasteiger partial charge in [-0.15, -0.1) is 11.3 Å². The Kier molecular flexibility index (Phi) is 4.57. The third-order valence-electron chi connectivity index (χ3n) is 4.60. The summed E-state index contributed by atoms with van der Waals surface area (Å²) in [6.45, 7) is 3.25. The van der Waals surface area contributed by atoms with Crippen molar-refractivity contribution >= 4 is 21.6 Å². The summed E-state index contributed by atoms with van der Waals surface area (Å²) in [6, 6.07) is 8.76. The third kappa shape index (κ3) is 2.98. The standard InChI is InChI=1S/C17H24N2OS/c1-3-11-18-15(17(20-2)9-6-10-17)12-16-19-13-7-4-5-8-14(13)21-16/h4-5,7-8,15,18H,3,6,9-12H2,1-2H3. The topological polar surface area (TPSA) is 34.2 Å². The van der Waals surface area contributed by atoms with E-state index in [2.05, 4.69) is 36.5 Å². The molecule has 0 bridgehead atoms. The fourth-order valence-electron chi connectivity index (χ4n) is 3.16. The molecule has 0 amide bonds. The highest BCUT2D eigenvalue weighted by Gasteiger charge is 2.44. The number of thiazole rings is 1. The molecule has 114 valence electrons. The van der Waals surface area contributed by atoms with Crippen LogP contribution >= 0.6 is 11.3 Å². The van der Waals surface area contributed by atoms with Crippen LogP contribution in [0, 0.1) is 0 Å². The van der Waals surface area contributed by atoms with E-state index in [1.807, 2.05) is 18.4 Å². The molecule has 1 aliphatic carbocycles. The highest BCUT2D eigenvalue weighted by atomic mass is 32.1. The van der Waals surface area contributed by atoms with Crippen LogP contribution in [0.5, 0.6) is 0 Å². The Morgan fingerprint density at radius 3 is 2.81 bits per heavy atom. The van der Waals surface area contributed by atoms with Crippen molar-refractivity contribution < 1.29 is 4.74 Å². The lowest BCUT2D eigenvalue weighted by molar-refractivity contribution is -0.0980. The van der Waals surface area contributed by atoms with Gasteiger partial charge in [-0.2, -0.15) is 0 Å². The molecular formula is C17H24N2OS. The Balaban J connectivity index is 1.79. The van der Waals surface area contributed by atoms with Crippen LogP contribution in [0.15, 0.2) is 24.3 Å². The van der Waals surface area contributed by atoms with E-state index in [-0.39, 0.29) is 5.60 Å². The average Bonchev–Trinajstić information content (AvgIpc) is 2.86. The molecule has 4 heteroatoms. The fraction of sp³-hybridized carbons (Fsp3) is 0.588. The number of ether oxygens (including phenoxy) is 1. The van der Waals surface area contributed by atoms with Crippen molar-refractivity contribution in [3.8, 4) is 0 Å². The zero-order chi connectivity index (χ0) is 14.7. The highest BCUT2D eigenvalue weighted by Crippen LogP contribution is 2.39. The van der Waals surface area contributed by atoms with Crippen molar-refractivity contribution in [1.82, 2.24) is 10.3 Å². The smallest absolute Gasteiger partial charge is 0.0955 e. The van der Waals surface area contributed by atoms with Gasteiger partial charge in [-0.25, -0.2) is 4.98 Å². The highest BCUT2D eigenvalue weighted by molar-refractivity contribution is 7.18. The Morgan fingerprint density at radius 1 is 1.38 bits per heavy atom. The lowest BCUT2D eigenvalue weighted by Crippen LogP contribution is -2.57. The summed E-state index contributed by atoms with van der Waals surface area (Å²) in [7, 11) is 1.86. The van der Waals surface area contributed by atoms with E-state index < -0.39 is 0 Å². The van der Waals surface area contributed by atoms with E-state index in [9.17, 15) is 0 Å². The molecule has 2 aromatic rings. The Bertz CT molecular complexity index is 553. The number of aromatic nitrogens is 1. The van der Waals surface area contributed by atoms with E-state index in [0.29, 0.717) is 6.04 Å². The van der Waals surface area contributed by atoms with Gasteiger partial charge in [-0.3, -0.25) is 0 Å². The van der Waals surface area contributed by atoms with Crippen molar-refractivity contribution in [1.29, 1.82) is 0 Å². The SMILES string of the molecule is CCCNC(Cc1nc2ccccc2s1)C1(OC)CCC1. The molecule has 1 aromatic carbocycles. The van der Waals surface area contributed by atoms with Crippen LogP contribution in [-0.4, -0.2) is 30.3 Å². The molecule has 0 spiro atoms. The van der Waals surface area contributed by atoms with Gasteiger partial charge in [0.05, 0.1) is 20.8 Å². The summed E-state index contributed by atoms with van der Waals surface area (Å²) in [5.41, 5.74) is 1.14. The number of para-hydroxylation sites is 1. The van der Waals surface area contributed by atoms with E-state index in [0.717, 1.165) is 37.7 Å². The van der Waals surface area contributed by atoms with Crippen molar-refractivity contribution in [2.45, 2.75) is 50.7 Å². The largest absolute Gasteiger partial charge is 0.377 e. The van der Waals surface area contributed by atoms with Crippen molar-refractivity contribution in [2.75, 3.05) is 13.7 Å². The molecule has 0 radical (unpaired) electrons. The lowest BCUT2D eigenvalue weighted by atomic mass is 9.73. The van der Waals surface area contributed by atoms with Gasteiger partial charge in [0.1, 0.15) is 0 Å². The molecule has 0 aliphatic heterocycles. The van der Waals surface area contributed by atoms with Crippen molar-refractivity contribution in [3.05, 3.63) is 29.3 Å². The maximum Gasteiger partial charge on any atom is 0.0955 e. The van der Waals surface area contributed by atoms with Crippen LogP contribution in [0.1, 0.15) is 37.6 Å². The molecule has 1 fully saturated rings. The molecule has 1 unspecified atom stereocenters. The minimum absolute atomic E-state index is 0.0209. The number of methoxy groups -OCH3 is 1. The number of nitrogens with one attached hydrogen (secondary N) is 1. The van der Waals surface area contributed by atoms with E-state index in [1.54, 1.807) is 0 Å². The van der Waals surface area contributed by atoms with Crippen LogP contribution in [0.4, 0.5) is 0 Å². The first-order valence-electron chi connectivity index (χ1n) is 7.90. The maximum absolute atomic E-state index is 5.89. The third-order valence-corrected chi connectivity index (χ3v) is 5.66. The molecule has 1 saturated carbocycles. The number of nitrogens with zero attached hydrogens (tertiary/aromatic N) is 1. The van der Waals surface area contributed by atoms with Crippen molar-refractivity contribution in [3.63, 3.8) is 0 Å². The summed E-state index contributed by atoms with van der Waals surface area (Å²) in [6.07, 6.45) is 5.72. The first-order chi connectivity index (χ1) is 10.3. The quantitative estimate of drug-likeness (QED) is 0.845. The molecule has 1 N–H and O–H groups in total. The van der Waals surface area contributed by atoms with Gasteiger partial charge in [0.2, 0.25) is 0 Å². The van der Waals surface area contributed by atoms with Gasteiger partial charge in [-0.1, -0.05) is 19.1 Å². The predicted octanol–water partition coefficient (Wildman–Crippen LogP) is 3.78. The number of benzene rings is 1. The van der Waals surface area contributed by atoms with Crippen LogP contribution in [0.25, 0.3) is 10.2 Å². The molecular weight excluding hydrogens is 280 g/mol. The summed E-state index contributed by atoms with van der Waals surface area (Å²) >= 11 is 1.81. The Morgan fingerprint density at radius 2 is 2.19 bits per heavy atom. The Hall–Kier alpha value is -0.970. The van der Waals surface area contributed by atoms with E-state index in [1.165, 1.54) is 16.1 Å². The van der Waals surface area contributed by atoms with E-state index >= 15 is 0 Å². The second kappa shape index (κ2) is 6.42. The normalized spacial score (nSPS) is 18.6. The summed E-state index contributed by atoms with van der Waals surface area (Å²) in [4.78, 5) is 4.79. The van der Waals surface area contributed by atoms with Crippen LogP contribution in [0.3, 0.4) is 0 Å². The zero-order valence-corrected chi connectivity index (χ0v) is 13.7. The monoisotopic (exact) mass is 304 g/mol. The van der Waals surface area contributed by atoms with Crippen LogP contribution < -0.4 is 5.32 Å². The van der Waals surface area contributed by atoms with Crippen LogP contribution in [-0.2, 0) is 11.2 Å². The summed E-state index contributed by atoms with van der Waals surface area (Å²) in [5.74, 6) is 0. The second-order valence-corrected chi connectivity index (χ2v) is 7.02. The molecule has 3 rings (SSSR count). The molecule has 1 heterocycles. The van der Waals surface area contributed by atoms with Crippen molar-refractivity contribution in [2.24, 2.45) is 0 Å².